The van der Waals surface area contributed by atoms with Crippen molar-refractivity contribution in [2.24, 2.45) is 0 Å². The molecule has 29 heavy (non-hydrogen) atoms. The summed E-state index contributed by atoms with van der Waals surface area (Å²) in [6, 6.07) is 14.6. The quantitative estimate of drug-likeness (QED) is 0.550. The molecule has 0 atom stereocenters. The Bertz CT molecular complexity index is 986. The maximum Gasteiger partial charge on any atom is 0.325 e. The van der Waals surface area contributed by atoms with E-state index in [2.05, 4.69) is 15.6 Å². The molecule has 1 aromatic heterocycles. The maximum atomic E-state index is 12.1. The number of amides is 1. The van der Waals surface area contributed by atoms with E-state index in [0.29, 0.717) is 22.1 Å². The number of esters is 1. The number of aromatic nitrogens is 1. The van der Waals surface area contributed by atoms with Crippen LogP contribution in [-0.4, -0.2) is 30.5 Å². The van der Waals surface area contributed by atoms with Crippen molar-refractivity contribution in [3.8, 4) is 5.75 Å². The molecule has 0 fully saturated rings. The van der Waals surface area contributed by atoms with Gasteiger partial charge in [0.05, 0.1) is 12.8 Å². The van der Waals surface area contributed by atoms with Crippen LogP contribution in [0.1, 0.15) is 21.6 Å². The highest BCUT2D eigenvalue weighted by Crippen LogP contribution is 2.21. The van der Waals surface area contributed by atoms with E-state index in [-0.39, 0.29) is 19.1 Å². The van der Waals surface area contributed by atoms with Crippen LogP contribution in [-0.2, 0) is 16.1 Å². The Morgan fingerprint density at radius 3 is 2.69 bits per heavy atom. The lowest BCUT2D eigenvalue weighted by Crippen LogP contribution is -2.30. The number of thiazole rings is 1. The summed E-state index contributed by atoms with van der Waals surface area (Å²) in [6.45, 7) is 1.84. The number of nitrogens with one attached hydrogen (secondary N) is 2. The zero-order valence-corrected chi connectivity index (χ0v) is 16.9. The minimum atomic E-state index is -0.540. The number of anilines is 2. The van der Waals surface area contributed by atoms with Gasteiger partial charge in [0.15, 0.2) is 5.13 Å². The van der Waals surface area contributed by atoms with Crippen LogP contribution in [0.5, 0.6) is 5.75 Å². The van der Waals surface area contributed by atoms with Crippen molar-refractivity contribution in [2.45, 2.75) is 13.5 Å². The van der Waals surface area contributed by atoms with Crippen LogP contribution in [0.3, 0.4) is 0 Å². The summed E-state index contributed by atoms with van der Waals surface area (Å²) >= 11 is 1.42. The highest BCUT2D eigenvalue weighted by atomic mass is 32.1. The number of hydrogen-bond donors (Lipinski definition) is 2. The Morgan fingerprint density at radius 1 is 1.14 bits per heavy atom. The second kappa shape index (κ2) is 9.70. The number of hydrogen-bond acceptors (Lipinski definition) is 7. The van der Waals surface area contributed by atoms with Crippen LogP contribution in [0.4, 0.5) is 10.8 Å². The smallest absolute Gasteiger partial charge is 0.325 e. The van der Waals surface area contributed by atoms with Crippen molar-refractivity contribution in [2.75, 3.05) is 19.0 Å². The van der Waals surface area contributed by atoms with Crippen molar-refractivity contribution in [1.82, 2.24) is 10.3 Å². The molecule has 150 valence electrons. The third-order valence-electron chi connectivity index (χ3n) is 3.96. The molecule has 0 spiro atoms. The second-order valence-corrected chi connectivity index (χ2v) is 7.07. The highest BCUT2D eigenvalue weighted by Gasteiger charge is 2.11. The first kappa shape index (κ1) is 20.3. The van der Waals surface area contributed by atoms with Crippen molar-refractivity contribution in [1.29, 1.82) is 0 Å². The van der Waals surface area contributed by atoms with Crippen molar-refractivity contribution in [3.05, 3.63) is 70.7 Å². The Hall–Kier alpha value is -3.39. The molecule has 8 heteroatoms. The van der Waals surface area contributed by atoms with Crippen molar-refractivity contribution in [3.63, 3.8) is 0 Å². The summed E-state index contributed by atoms with van der Waals surface area (Å²) in [4.78, 5) is 28.4. The molecule has 2 aromatic carbocycles. The number of benzene rings is 2. The number of carbonyl (C=O) groups is 2. The number of aryl methyl sites for hydroxylation is 1. The molecule has 0 radical (unpaired) electrons. The zero-order chi connectivity index (χ0) is 20.6. The van der Waals surface area contributed by atoms with Gasteiger partial charge < -0.3 is 20.1 Å². The van der Waals surface area contributed by atoms with Gasteiger partial charge >= 0.3 is 5.97 Å². The van der Waals surface area contributed by atoms with E-state index in [1.165, 1.54) is 24.0 Å². The fourth-order valence-corrected chi connectivity index (χ4v) is 3.13. The van der Waals surface area contributed by atoms with Crippen LogP contribution >= 0.6 is 11.3 Å². The zero-order valence-electron chi connectivity index (χ0n) is 16.1. The third-order valence-corrected chi connectivity index (χ3v) is 4.77. The molecule has 0 saturated carbocycles. The summed E-state index contributed by atoms with van der Waals surface area (Å²) in [6.07, 6.45) is 0. The van der Waals surface area contributed by atoms with Crippen molar-refractivity contribution < 1.29 is 19.1 Å². The van der Waals surface area contributed by atoms with Crippen LogP contribution < -0.4 is 15.4 Å². The molecule has 0 unspecified atom stereocenters. The van der Waals surface area contributed by atoms with Crippen LogP contribution in [0.15, 0.2) is 53.9 Å². The van der Waals surface area contributed by atoms with Gasteiger partial charge in [-0.15, -0.1) is 11.3 Å². The van der Waals surface area contributed by atoms with Gasteiger partial charge in [-0.25, -0.2) is 4.98 Å². The van der Waals surface area contributed by atoms with E-state index in [4.69, 9.17) is 9.47 Å². The first-order valence-electron chi connectivity index (χ1n) is 8.89. The Morgan fingerprint density at radius 2 is 1.93 bits per heavy atom. The molecule has 0 bridgehead atoms. The predicted octanol–water partition coefficient (Wildman–Crippen LogP) is 3.68. The van der Waals surface area contributed by atoms with E-state index in [1.54, 1.807) is 24.3 Å². The molecule has 1 heterocycles. The monoisotopic (exact) mass is 411 g/mol. The molecular weight excluding hydrogens is 390 g/mol. The maximum absolute atomic E-state index is 12.1. The molecular formula is C21H21N3O4S. The Balaban J connectivity index is 1.44. The minimum Gasteiger partial charge on any atom is -0.497 e. The SMILES string of the molecule is COc1cccc(C(=O)NCC(=O)OCc2csc(Nc3ccc(C)cc3)n2)c1. The third kappa shape index (κ3) is 6.05. The highest BCUT2D eigenvalue weighted by molar-refractivity contribution is 7.13. The van der Waals surface area contributed by atoms with Gasteiger partial charge in [-0.1, -0.05) is 23.8 Å². The lowest BCUT2D eigenvalue weighted by Gasteiger charge is -2.07. The number of methoxy groups -OCH3 is 1. The molecule has 0 aliphatic carbocycles. The van der Waals surface area contributed by atoms with Crippen LogP contribution in [0, 0.1) is 6.92 Å². The van der Waals surface area contributed by atoms with Gasteiger partial charge in [-0.3, -0.25) is 9.59 Å². The summed E-state index contributed by atoms with van der Waals surface area (Å²) in [5.41, 5.74) is 3.16. The van der Waals surface area contributed by atoms with E-state index in [0.717, 1.165) is 5.69 Å². The van der Waals surface area contributed by atoms with Gasteiger partial charge in [0.2, 0.25) is 0 Å². The van der Waals surface area contributed by atoms with Gasteiger partial charge in [-0.2, -0.15) is 0 Å². The molecule has 7 nitrogen and oxygen atoms in total. The first-order valence-corrected chi connectivity index (χ1v) is 9.77. The minimum absolute atomic E-state index is 0.0416. The predicted molar refractivity (Wildman–Crippen MR) is 112 cm³/mol. The number of carbonyl (C=O) groups excluding carboxylic acids is 2. The number of ether oxygens (including phenoxy) is 2. The molecule has 1 amide bonds. The molecule has 3 aromatic rings. The Labute approximate surface area is 172 Å². The summed E-state index contributed by atoms with van der Waals surface area (Å²) in [7, 11) is 1.52. The average Bonchev–Trinajstić information content (AvgIpc) is 3.19. The van der Waals surface area contributed by atoms with E-state index >= 15 is 0 Å². The lowest BCUT2D eigenvalue weighted by atomic mass is 10.2. The first-order chi connectivity index (χ1) is 14.0. The fraction of sp³-hybridized carbons (Fsp3) is 0.190. The van der Waals surface area contributed by atoms with Crippen molar-refractivity contribution >= 4 is 34.0 Å². The normalized spacial score (nSPS) is 10.3. The molecule has 3 rings (SSSR count). The Kier molecular flexibility index (Phi) is 6.80. The number of nitrogens with zero attached hydrogens (tertiary/aromatic N) is 1. The van der Waals surface area contributed by atoms with Gasteiger partial charge in [-0.05, 0) is 37.3 Å². The van der Waals surface area contributed by atoms with Gasteiger partial charge in [0, 0.05) is 16.6 Å². The van der Waals surface area contributed by atoms with E-state index in [1.807, 2.05) is 36.6 Å². The molecule has 0 aliphatic rings. The summed E-state index contributed by atoms with van der Waals surface area (Å²) < 4.78 is 10.3. The number of rotatable bonds is 8. The van der Waals surface area contributed by atoms with E-state index < -0.39 is 5.97 Å². The summed E-state index contributed by atoms with van der Waals surface area (Å²) in [5.74, 6) is -0.347. The topological polar surface area (TPSA) is 89.5 Å². The lowest BCUT2D eigenvalue weighted by molar-refractivity contribution is -0.143. The van der Waals surface area contributed by atoms with E-state index in [9.17, 15) is 9.59 Å². The summed E-state index contributed by atoms with van der Waals surface area (Å²) in [5, 5.41) is 8.27. The van der Waals surface area contributed by atoms with Crippen LogP contribution in [0.2, 0.25) is 0 Å². The van der Waals surface area contributed by atoms with Gasteiger partial charge in [0.1, 0.15) is 18.9 Å². The van der Waals surface area contributed by atoms with Crippen LogP contribution in [0.25, 0.3) is 0 Å². The largest absolute Gasteiger partial charge is 0.497 e. The molecule has 0 saturated heterocycles. The average molecular weight is 411 g/mol. The standard InChI is InChI=1S/C21H21N3O4S/c1-14-6-8-16(9-7-14)23-21-24-17(13-29-21)12-28-19(25)11-22-20(26)15-4-3-5-18(10-15)27-2/h3-10,13H,11-12H2,1-2H3,(H,22,26)(H,23,24). The fourth-order valence-electron chi connectivity index (χ4n) is 2.42. The second-order valence-electron chi connectivity index (χ2n) is 6.21. The molecule has 2 N–H and O–H groups in total. The van der Waals surface area contributed by atoms with Gasteiger partial charge in [0.25, 0.3) is 5.91 Å². The molecule has 0 aliphatic heterocycles.